The minimum Gasteiger partial charge on any atom is -0.462 e. The highest BCUT2D eigenvalue weighted by Crippen LogP contribution is 2.35. The summed E-state index contributed by atoms with van der Waals surface area (Å²) in [5.74, 6) is -2.26. The highest BCUT2D eigenvalue weighted by atomic mass is 35.5. The van der Waals surface area contributed by atoms with E-state index < -0.39 is 17.8 Å². The minimum atomic E-state index is -0.746. The van der Waals surface area contributed by atoms with Crippen LogP contribution in [-0.4, -0.2) is 30.3 Å². The first-order valence-electron chi connectivity index (χ1n) is 11.4. The molecule has 4 rings (SSSR count). The molecule has 0 aromatic heterocycles. The molecule has 0 unspecified atom stereocenters. The first kappa shape index (κ1) is 27.2. The number of imide groups is 1. The molecular weight excluding hydrogens is 553 g/mol. The standard InChI is InChI=1S/C27H20Cl3N3O5/c1-2-13-38-27(37)16-5-10-19(11-6-16)32-24(34)15-3-8-18(9-4-15)31-23-22(30)25(35)33(26(23)36)21-14-17(28)7-12-20(21)29/h3-12,14,31H,2,13H2,1H3,(H,32,34). The summed E-state index contributed by atoms with van der Waals surface area (Å²) in [5.41, 5.74) is 1.62. The third-order valence-corrected chi connectivity index (χ3v) is 6.31. The highest BCUT2D eigenvalue weighted by molar-refractivity contribution is 6.54. The van der Waals surface area contributed by atoms with Crippen LogP contribution in [0.4, 0.5) is 17.1 Å². The van der Waals surface area contributed by atoms with Crippen LogP contribution in [0.15, 0.2) is 77.5 Å². The average molecular weight is 573 g/mol. The van der Waals surface area contributed by atoms with Gasteiger partial charge in [-0.1, -0.05) is 41.7 Å². The number of nitrogens with one attached hydrogen (secondary N) is 2. The van der Waals surface area contributed by atoms with Gasteiger partial charge in [0.05, 0.1) is 22.9 Å². The Balaban J connectivity index is 1.42. The summed E-state index contributed by atoms with van der Waals surface area (Å²) in [7, 11) is 0. The topological polar surface area (TPSA) is 105 Å². The third-order valence-electron chi connectivity index (χ3n) is 5.41. The normalized spacial score (nSPS) is 13.1. The van der Waals surface area contributed by atoms with E-state index in [-0.39, 0.29) is 27.3 Å². The van der Waals surface area contributed by atoms with Crippen molar-refractivity contribution in [2.45, 2.75) is 13.3 Å². The number of rotatable bonds is 8. The molecule has 3 aromatic carbocycles. The zero-order valence-electron chi connectivity index (χ0n) is 19.9. The number of hydrogen-bond donors (Lipinski definition) is 2. The van der Waals surface area contributed by atoms with E-state index in [1.165, 1.54) is 30.3 Å². The first-order chi connectivity index (χ1) is 18.2. The van der Waals surface area contributed by atoms with Gasteiger partial charge in [0.2, 0.25) is 0 Å². The van der Waals surface area contributed by atoms with Crippen molar-refractivity contribution in [3.05, 3.63) is 98.6 Å². The van der Waals surface area contributed by atoms with Crippen molar-refractivity contribution in [3.8, 4) is 0 Å². The first-order valence-corrected chi connectivity index (χ1v) is 12.5. The summed E-state index contributed by atoms with van der Waals surface area (Å²) in [4.78, 5) is 51.1. The van der Waals surface area contributed by atoms with Crippen molar-refractivity contribution in [2.24, 2.45) is 0 Å². The highest BCUT2D eigenvalue weighted by Gasteiger charge is 2.40. The van der Waals surface area contributed by atoms with E-state index in [1.54, 1.807) is 36.4 Å². The van der Waals surface area contributed by atoms with Gasteiger partial charge < -0.3 is 15.4 Å². The second kappa shape index (κ2) is 11.7. The largest absolute Gasteiger partial charge is 0.462 e. The van der Waals surface area contributed by atoms with Crippen molar-refractivity contribution < 1.29 is 23.9 Å². The van der Waals surface area contributed by atoms with Gasteiger partial charge in [0.15, 0.2) is 0 Å². The summed E-state index contributed by atoms with van der Waals surface area (Å²) < 4.78 is 5.09. The van der Waals surface area contributed by atoms with Crippen molar-refractivity contribution in [1.82, 2.24) is 0 Å². The Labute approximate surface area is 233 Å². The Bertz CT molecular complexity index is 1450. The molecule has 0 bridgehead atoms. The number of benzene rings is 3. The van der Waals surface area contributed by atoms with Gasteiger partial charge in [0.25, 0.3) is 17.7 Å². The van der Waals surface area contributed by atoms with Crippen LogP contribution < -0.4 is 15.5 Å². The predicted molar refractivity (Wildman–Crippen MR) is 147 cm³/mol. The Kier molecular flexibility index (Phi) is 8.36. The molecule has 0 radical (unpaired) electrons. The monoisotopic (exact) mass is 571 g/mol. The van der Waals surface area contributed by atoms with Crippen LogP contribution in [0.3, 0.4) is 0 Å². The van der Waals surface area contributed by atoms with Crippen LogP contribution in [0, 0.1) is 0 Å². The van der Waals surface area contributed by atoms with Gasteiger partial charge in [-0.3, -0.25) is 14.4 Å². The molecule has 1 heterocycles. The molecule has 194 valence electrons. The zero-order valence-corrected chi connectivity index (χ0v) is 22.2. The van der Waals surface area contributed by atoms with Crippen molar-refractivity contribution in [1.29, 1.82) is 0 Å². The molecule has 0 fully saturated rings. The Hall–Kier alpha value is -3.85. The van der Waals surface area contributed by atoms with Gasteiger partial charge in [-0.25, -0.2) is 9.69 Å². The van der Waals surface area contributed by atoms with Gasteiger partial charge in [-0.15, -0.1) is 0 Å². The number of halogens is 3. The second-order valence-electron chi connectivity index (χ2n) is 8.10. The quantitative estimate of drug-likeness (QED) is 0.244. The maximum Gasteiger partial charge on any atom is 0.338 e. The number of ether oxygens (including phenoxy) is 1. The van der Waals surface area contributed by atoms with E-state index in [0.29, 0.717) is 34.1 Å². The fourth-order valence-electron chi connectivity index (χ4n) is 3.51. The Morgan fingerprint density at radius 2 is 1.47 bits per heavy atom. The van der Waals surface area contributed by atoms with Crippen molar-refractivity contribution >= 4 is 75.6 Å². The van der Waals surface area contributed by atoms with E-state index in [4.69, 9.17) is 39.5 Å². The van der Waals surface area contributed by atoms with Gasteiger partial charge in [0.1, 0.15) is 10.7 Å². The molecule has 8 nitrogen and oxygen atoms in total. The molecular formula is C27H20Cl3N3O5. The number of amides is 3. The zero-order chi connectivity index (χ0) is 27.4. The van der Waals surface area contributed by atoms with Crippen LogP contribution >= 0.6 is 34.8 Å². The lowest BCUT2D eigenvalue weighted by Crippen LogP contribution is -2.32. The number of nitrogens with zero attached hydrogens (tertiary/aromatic N) is 1. The summed E-state index contributed by atoms with van der Waals surface area (Å²) >= 11 is 18.3. The molecule has 11 heteroatoms. The van der Waals surface area contributed by atoms with Crippen LogP contribution in [0.2, 0.25) is 10.0 Å². The number of carbonyl (C=O) groups is 4. The molecule has 38 heavy (non-hydrogen) atoms. The number of hydrogen-bond acceptors (Lipinski definition) is 6. The third kappa shape index (κ3) is 5.83. The van der Waals surface area contributed by atoms with E-state index in [2.05, 4.69) is 10.6 Å². The smallest absolute Gasteiger partial charge is 0.338 e. The molecule has 1 aliphatic heterocycles. The molecule has 0 saturated carbocycles. The lowest BCUT2D eigenvalue weighted by molar-refractivity contribution is -0.120. The number of esters is 1. The van der Waals surface area contributed by atoms with E-state index in [1.807, 2.05) is 6.92 Å². The second-order valence-corrected chi connectivity index (χ2v) is 9.32. The maximum absolute atomic E-state index is 13.0. The molecule has 3 amide bonds. The SMILES string of the molecule is CCCOC(=O)c1ccc(NC(=O)c2ccc(NC3=C(Cl)C(=O)N(c4cc(Cl)ccc4Cl)C3=O)cc2)cc1. The van der Waals surface area contributed by atoms with Gasteiger partial charge >= 0.3 is 5.97 Å². The van der Waals surface area contributed by atoms with Gasteiger partial charge in [0, 0.05) is 22.0 Å². The molecule has 0 atom stereocenters. The lowest BCUT2D eigenvalue weighted by atomic mass is 10.1. The number of carbonyl (C=O) groups excluding carboxylic acids is 4. The van der Waals surface area contributed by atoms with Gasteiger partial charge in [-0.2, -0.15) is 0 Å². The molecule has 2 N–H and O–H groups in total. The van der Waals surface area contributed by atoms with E-state index >= 15 is 0 Å². The van der Waals surface area contributed by atoms with E-state index in [0.717, 1.165) is 11.3 Å². The van der Waals surface area contributed by atoms with Crippen LogP contribution in [-0.2, 0) is 14.3 Å². The summed E-state index contributed by atoms with van der Waals surface area (Å²) in [6.45, 7) is 2.24. The molecule has 1 aliphatic rings. The van der Waals surface area contributed by atoms with Crippen molar-refractivity contribution in [2.75, 3.05) is 22.1 Å². The van der Waals surface area contributed by atoms with Crippen LogP contribution in [0.1, 0.15) is 34.1 Å². The summed E-state index contributed by atoms with van der Waals surface area (Å²) in [5, 5.41) is 5.72. The lowest BCUT2D eigenvalue weighted by Gasteiger charge is -2.17. The maximum atomic E-state index is 13.0. The average Bonchev–Trinajstić information content (AvgIpc) is 3.12. The fraction of sp³-hybridized carbons (Fsp3) is 0.111. The predicted octanol–water partition coefficient (Wildman–Crippen LogP) is 6.25. The minimum absolute atomic E-state index is 0.113. The Morgan fingerprint density at radius 3 is 2.13 bits per heavy atom. The van der Waals surface area contributed by atoms with E-state index in [9.17, 15) is 19.2 Å². The van der Waals surface area contributed by atoms with Crippen LogP contribution in [0.25, 0.3) is 0 Å². The molecule has 0 saturated heterocycles. The van der Waals surface area contributed by atoms with Gasteiger partial charge in [-0.05, 0) is 73.2 Å². The number of anilines is 3. The summed E-state index contributed by atoms with van der Waals surface area (Å²) in [6, 6.07) is 16.9. The van der Waals surface area contributed by atoms with Crippen molar-refractivity contribution in [3.63, 3.8) is 0 Å². The molecule has 0 aliphatic carbocycles. The van der Waals surface area contributed by atoms with Crippen LogP contribution in [0.5, 0.6) is 0 Å². The molecule has 3 aromatic rings. The Morgan fingerprint density at radius 1 is 0.842 bits per heavy atom. The summed E-state index contributed by atoms with van der Waals surface area (Å²) in [6.07, 6.45) is 0.726. The molecule has 0 spiro atoms. The fourth-order valence-corrected chi connectivity index (χ4v) is 4.09.